The van der Waals surface area contributed by atoms with Gasteiger partial charge in [-0.15, -0.1) is 0 Å². The van der Waals surface area contributed by atoms with Gasteiger partial charge in [0.25, 0.3) is 0 Å². The van der Waals surface area contributed by atoms with Crippen molar-refractivity contribution in [1.82, 2.24) is 5.32 Å². The van der Waals surface area contributed by atoms with E-state index in [1.54, 1.807) is 0 Å². The van der Waals surface area contributed by atoms with Crippen LogP contribution in [0.15, 0.2) is 47.5 Å². The van der Waals surface area contributed by atoms with Crippen LogP contribution in [-0.2, 0) is 22.4 Å². The first-order valence-corrected chi connectivity index (χ1v) is 14.5. The molecule has 0 radical (unpaired) electrons. The molecule has 1 aliphatic carbocycles. The number of anilines is 1. The standard InChI is InChI=1S/C30H40F3N7O4/c31-30(32,33)21-11-8-19(9-12-21)17-44-25-16-20(26(35)41)10-13-23(25)39-28(43)24(15-18-5-2-1-3-6-18)40-27(42)22(34)7-4-14-38-29(36)37/h8-13,16,18,22,24H,1-7,14-15,17,34H2,(H2,35,41)(H,39,43)(H,40,42)(H4,36,37,38)/t22-,24-/m0/s1. The number of rotatable bonds is 14. The van der Waals surface area contributed by atoms with E-state index in [9.17, 15) is 27.6 Å². The molecule has 0 heterocycles. The third kappa shape index (κ3) is 10.7. The summed E-state index contributed by atoms with van der Waals surface area (Å²) in [5.41, 5.74) is 22.1. The van der Waals surface area contributed by atoms with Crippen molar-refractivity contribution < 1.29 is 32.3 Å². The van der Waals surface area contributed by atoms with Gasteiger partial charge in [0.1, 0.15) is 18.4 Å². The molecule has 2 aromatic carbocycles. The predicted octanol–water partition coefficient (Wildman–Crippen LogP) is 3.16. The molecule has 2 aromatic rings. The molecule has 11 nitrogen and oxygen atoms in total. The number of aliphatic imine (C=N–C) groups is 1. The Labute approximate surface area is 254 Å². The normalized spacial score (nSPS) is 15.1. The summed E-state index contributed by atoms with van der Waals surface area (Å²) < 4.78 is 44.6. The number of carbonyl (C=O) groups excluding carboxylic acids is 3. The number of halogens is 3. The summed E-state index contributed by atoms with van der Waals surface area (Å²) in [5.74, 6) is -1.49. The number of carbonyl (C=O) groups is 3. The number of amides is 3. The largest absolute Gasteiger partial charge is 0.487 e. The average Bonchev–Trinajstić information content (AvgIpc) is 2.98. The molecule has 0 unspecified atom stereocenters. The zero-order valence-electron chi connectivity index (χ0n) is 24.4. The van der Waals surface area contributed by atoms with E-state index in [2.05, 4.69) is 15.6 Å². The number of hydrogen-bond donors (Lipinski definition) is 6. The van der Waals surface area contributed by atoms with Crippen LogP contribution >= 0.6 is 0 Å². The second-order valence-electron chi connectivity index (χ2n) is 10.9. The average molecular weight is 620 g/mol. The van der Waals surface area contributed by atoms with Gasteiger partial charge in [0, 0.05) is 12.1 Å². The Morgan fingerprint density at radius 1 is 0.977 bits per heavy atom. The highest BCUT2D eigenvalue weighted by atomic mass is 19.4. The minimum absolute atomic E-state index is 0.0567. The SMILES string of the molecule is NC(=O)c1ccc(NC(=O)[C@H](CC2CCCCC2)NC(=O)[C@@H](N)CCCN=C(N)N)c(OCc2ccc(C(F)(F)F)cc2)c1. The number of nitrogens with two attached hydrogens (primary N) is 4. The lowest BCUT2D eigenvalue weighted by molar-refractivity contribution is -0.137. The molecular formula is C30H40F3N7O4. The van der Waals surface area contributed by atoms with Crippen molar-refractivity contribution in [3.63, 3.8) is 0 Å². The van der Waals surface area contributed by atoms with Gasteiger partial charge in [0.2, 0.25) is 17.7 Å². The van der Waals surface area contributed by atoms with Crippen molar-refractivity contribution in [2.45, 2.75) is 76.2 Å². The van der Waals surface area contributed by atoms with Crippen LogP contribution < -0.4 is 38.3 Å². The molecule has 3 amide bonds. The van der Waals surface area contributed by atoms with E-state index in [1.165, 1.54) is 30.3 Å². The summed E-state index contributed by atoms with van der Waals surface area (Å²) in [7, 11) is 0. The maximum absolute atomic E-state index is 13.6. The third-order valence-corrected chi connectivity index (χ3v) is 7.43. The Hall–Kier alpha value is -4.33. The van der Waals surface area contributed by atoms with Crippen LogP contribution in [0.4, 0.5) is 18.9 Å². The lowest BCUT2D eigenvalue weighted by Gasteiger charge is -2.27. The van der Waals surface area contributed by atoms with Crippen molar-refractivity contribution in [3.05, 3.63) is 59.2 Å². The lowest BCUT2D eigenvalue weighted by Crippen LogP contribution is -2.50. The van der Waals surface area contributed by atoms with Crippen LogP contribution in [-0.4, -0.2) is 42.3 Å². The molecule has 0 saturated heterocycles. The topological polar surface area (TPSA) is 201 Å². The Balaban J connectivity index is 1.76. The molecule has 10 N–H and O–H groups in total. The zero-order chi connectivity index (χ0) is 32.3. The maximum atomic E-state index is 13.6. The molecule has 14 heteroatoms. The van der Waals surface area contributed by atoms with Crippen LogP contribution in [0.1, 0.15) is 72.9 Å². The Morgan fingerprint density at radius 2 is 1.66 bits per heavy atom. The van der Waals surface area contributed by atoms with Crippen LogP contribution in [0.2, 0.25) is 0 Å². The number of nitrogens with one attached hydrogen (secondary N) is 2. The Bertz CT molecular complexity index is 1310. The number of alkyl halides is 3. The Morgan fingerprint density at radius 3 is 2.27 bits per heavy atom. The van der Waals surface area contributed by atoms with Crippen LogP contribution in [0.5, 0.6) is 5.75 Å². The fourth-order valence-electron chi connectivity index (χ4n) is 4.99. The van der Waals surface area contributed by atoms with Crippen molar-refractivity contribution in [2.24, 2.45) is 33.8 Å². The summed E-state index contributed by atoms with van der Waals surface area (Å²) in [6.07, 6.45) is 1.74. The highest BCUT2D eigenvalue weighted by Gasteiger charge is 2.30. The van der Waals surface area contributed by atoms with Gasteiger partial charge in [0.15, 0.2) is 5.96 Å². The van der Waals surface area contributed by atoms with Crippen LogP contribution in [0.3, 0.4) is 0 Å². The number of nitrogens with zero attached hydrogens (tertiary/aromatic N) is 1. The third-order valence-electron chi connectivity index (χ3n) is 7.43. The lowest BCUT2D eigenvalue weighted by atomic mass is 9.84. The number of hydrogen-bond acceptors (Lipinski definition) is 6. The molecule has 0 aromatic heterocycles. The van der Waals surface area contributed by atoms with E-state index < -0.39 is 41.5 Å². The second kappa shape index (κ2) is 15.9. The van der Waals surface area contributed by atoms with E-state index in [0.29, 0.717) is 31.4 Å². The van der Waals surface area contributed by atoms with E-state index in [4.69, 9.17) is 27.7 Å². The molecule has 0 aliphatic heterocycles. The van der Waals surface area contributed by atoms with Gasteiger partial charge in [-0.2, -0.15) is 13.2 Å². The highest BCUT2D eigenvalue weighted by molar-refractivity contribution is 6.00. The first-order valence-electron chi connectivity index (χ1n) is 14.5. The Kier molecular flexibility index (Phi) is 12.4. The van der Waals surface area contributed by atoms with Gasteiger partial charge in [-0.05, 0) is 61.1 Å². The fraction of sp³-hybridized carbons (Fsp3) is 0.467. The molecule has 1 saturated carbocycles. The zero-order valence-corrected chi connectivity index (χ0v) is 24.4. The van der Waals surface area contributed by atoms with Crippen molar-refractivity contribution >= 4 is 29.4 Å². The molecule has 0 bridgehead atoms. The summed E-state index contributed by atoms with van der Waals surface area (Å²) in [6.45, 7) is 0.159. The molecule has 240 valence electrons. The van der Waals surface area contributed by atoms with Crippen molar-refractivity contribution in [2.75, 3.05) is 11.9 Å². The molecular weight excluding hydrogens is 579 g/mol. The molecule has 44 heavy (non-hydrogen) atoms. The summed E-state index contributed by atoms with van der Waals surface area (Å²) in [5, 5.41) is 5.56. The maximum Gasteiger partial charge on any atom is 0.416 e. The van der Waals surface area contributed by atoms with E-state index >= 15 is 0 Å². The van der Waals surface area contributed by atoms with Gasteiger partial charge in [0.05, 0.1) is 17.3 Å². The highest BCUT2D eigenvalue weighted by Crippen LogP contribution is 2.31. The minimum atomic E-state index is -4.48. The summed E-state index contributed by atoms with van der Waals surface area (Å²) in [6, 6.07) is 6.81. The molecule has 0 spiro atoms. The summed E-state index contributed by atoms with van der Waals surface area (Å²) in [4.78, 5) is 42.3. The number of ether oxygens (including phenoxy) is 1. The predicted molar refractivity (Wildman–Crippen MR) is 160 cm³/mol. The van der Waals surface area contributed by atoms with Gasteiger partial charge < -0.3 is 38.3 Å². The smallest absolute Gasteiger partial charge is 0.416 e. The minimum Gasteiger partial charge on any atom is -0.487 e. The number of primary amides is 1. The first kappa shape index (κ1) is 34.2. The van der Waals surface area contributed by atoms with E-state index in [0.717, 1.165) is 44.2 Å². The molecule has 1 aliphatic rings. The van der Waals surface area contributed by atoms with Gasteiger partial charge >= 0.3 is 6.18 Å². The van der Waals surface area contributed by atoms with E-state index in [1.807, 2.05) is 0 Å². The monoisotopic (exact) mass is 619 g/mol. The number of benzene rings is 2. The van der Waals surface area contributed by atoms with Crippen molar-refractivity contribution in [1.29, 1.82) is 0 Å². The van der Waals surface area contributed by atoms with Crippen LogP contribution in [0, 0.1) is 5.92 Å². The first-order chi connectivity index (χ1) is 20.8. The van der Waals surface area contributed by atoms with Crippen LogP contribution in [0.25, 0.3) is 0 Å². The molecule has 3 rings (SSSR count). The molecule has 1 fully saturated rings. The van der Waals surface area contributed by atoms with Gasteiger partial charge in [-0.3, -0.25) is 19.4 Å². The summed E-state index contributed by atoms with van der Waals surface area (Å²) >= 11 is 0. The quantitative estimate of drug-likeness (QED) is 0.106. The van der Waals surface area contributed by atoms with Crippen molar-refractivity contribution in [3.8, 4) is 5.75 Å². The number of guanidine groups is 1. The fourth-order valence-corrected chi connectivity index (χ4v) is 4.99. The molecule has 2 atom stereocenters. The van der Waals surface area contributed by atoms with Gasteiger partial charge in [-0.1, -0.05) is 44.2 Å². The second-order valence-corrected chi connectivity index (χ2v) is 10.9. The van der Waals surface area contributed by atoms with E-state index in [-0.39, 0.29) is 35.5 Å². The van der Waals surface area contributed by atoms with Gasteiger partial charge in [-0.25, -0.2) is 0 Å².